The third-order valence-electron chi connectivity index (χ3n) is 5.96. The molecule has 1 saturated heterocycles. The Balaban J connectivity index is 2.00. The summed E-state index contributed by atoms with van der Waals surface area (Å²) in [7, 11) is -3.39. The van der Waals surface area contributed by atoms with E-state index in [-0.39, 0.29) is 37.4 Å². The van der Waals surface area contributed by atoms with Crippen LogP contribution in [0.2, 0.25) is 0 Å². The number of carbonyl (C=O) groups is 1. The van der Waals surface area contributed by atoms with Gasteiger partial charge in [0.1, 0.15) is 0 Å². The SMILES string of the molecule is CC(C)C1CCC(OC[C@H]2[C@@H](NS(C)(=O)=O)CCCN2C(=O)NCCO)CC1. The Kier molecular flexibility index (Phi) is 8.98. The number of amides is 2. The fraction of sp³-hybridized carbons (Fsp3) is 0.947. The summed E-state index contributed by atoms with van der Waals surface area (Å²) in [6, 6.07) is -1.01. The second kappa shape index (κ2) is 10.8. The monoisotopic (exact) mass is 419 g/mol. The number of carbonyl (C=O) groups excluding carboxylic acids is 1. The maximum Gasteiger partial charge on any atom is 0.317 e. The number of piperidine rings is 1. The Labute approximate surface area is 169 Å². The highest BCUT2D eigenvalue weighted by atomic mass is 32.2. The van der Waals surface area contributed by atoms with E-state index >= 15 is 0 Å². The standard InChI is InChI=1S/C19H37N3O5S/c1-14(2)15-6-8-16(9-7-15)27-13-18-17(21-28(3,25)26)5-4-11-22(18)19(24)20-10-12-23/h14-18,21,23H,4-13H2,1-3H3,(H,20,24)/t15?,16?,17-,18-/m0/s1. The molecule has 0 aromatic rings. The van der Waals surface area contributed by atoms with Crippen molar-refractivity contribution in [2.45, 2.75) is 70.6 Å². The van der Waals surface area contributed by atoms with Crippen LogP contribution in [-0.4, -0.2) is 75.2 Å². The summed E-state index contributed by atoms with van der Waals surface area (Å²) >= 11 is 0. The van der Waals surface area contributed by atoms with Crippen LogP contribution in [-0.2, 0) is 14.8 Å². The Hall–Kier alpha value is -0.900. The number of nitrogens with one attached hydrogen (secondary N) is 2. The summed E-state index contributed by atoms with van der Waals surface area (Å²) in [6.45, 7) is 5.43. The molecule has 2 rings (SSSR count). The number of aliphatic hydroxyl groups is 1. The average Bonchev–Trinajstić information content (AvgIpc) is 2.64. The number of hydrogen-bond acceptors (Lipinski definition) is 5. The summed E-state index contributed by atoms with van der Waals surface area (Å²) in [5.74, 6) is 1.43. The van der Waals surface area contributed by atoms with E-state index in [1.54, 1.807) is 4.90 Å². The van der Waals surface area contributed by atoms with Crippen LogP contribution in [0.15, 0.2) is 0 Å². The molecule has 0 bridgehead atoms. The van der Waals surface area contributed by atoms with Crippen LogP contribution in [0.4, 0.5) is 4.79 Å². The van der Waals surface area contributed by atoms with Crippen LogP contribution in [0.25, 0.3) is 0 Å². The smallest absolute Gasteiger partial charge is 0.317 e. The molecule has 0 aromatic heterocycles. The third-order valence-corrected chi connectivity index (χ3v) is 6.69. The maximum atomic E-state index is 12.5. The minimum atomic E-state index is -3.39. The van der Waals surface area contributed by atoms with E-state index in [0.29, 0.717) is 25.5 Å². The Morgan fingerprint density at radius 3 is 2.46 bits per heavy atom. The van der Waals surface area contributed by atoms with E-state index in [1.807, 2.05) is 0 Å². The van der Waals surface area contributed by atoms with Crippen molar-refractivity contribution in [1.29, 1.82) is 0 Å². The van der Waals surface area contributed by atoms with Crippen molar-refractivity contribution >= 4 is 16.1 Å². The lowest BCUT2D eigenvalue weighted by Gasteiger charge is -2.42. The average molecular weight is 420 g/mol. The highest BCUT2D eigenvalue weighted by molar-refractivity contribution is 7.88. The first-order valence-electron chi connectivity index (χ1n) is 10.5. The summed E-state index contributed by atoms with van der Waals surface area (Å²) in [5.41, 5.74) is 0. The molecule has 0 unspecified atom stereocenters. The molecule has 1 aliphatic carbocycles. The molecule has 164 valence electrons. The molecular weight excluding hydrogens is 382 g/mol. The number of sulfonamides is 1. The van der Waals surface area contributed by atoms with Gasteiger partial charge < -0.3 is 20.1 Å². The molecule has 1 saturated carbocycles. The van der Waals surface area contributed by atoms with Crippen LogP contribution in [0.5, 0.6) is 0 Å². The van der Waals surface area contributed by atoms with E-state index in [2.05, 4.69) is 23.9 Å². The van der Waals surface area contributed by atoms with E-state index in [4.69, 9.17) is 9.84 Å². The van der Waals surface area contributed by atoms with Gasteiger partial charge in [-0.3, -0.25) is 0 Å². The zero-order valence-corrected chi connectivity index (χ0v) is 18.2. The van der Waals surface area contributed by atoms with Crippen LogP contribution < -0.4 is 10.0 Å². The predicted octanol–water partition coefficient (Wildman–Crippen LogP) is 1.30. The molecule has 1 heterocycles. The lowest BCUT2D eigenvalue weighted by molar-refractivity contribution is -0.0241. The molecule has 1 aliphatic heterocycles. The number of rotatable bonds is 8. The highest BCUT2D eigenvalue weighted by Gasteiger charge is 2.37. The molecule has 28 heavy (non-hydrogen) atoms. The van der Waals surface area contributed by atoms with Gasteiger partial charge in [0.2, 0.25) is 10.0 Å². The summed E-state index contributed by atoms with van der Waals surface area (Å²) in [6.07, 6.45) is 7.02. The molecular formula is C19H37N3O5S. The number of ether oxygens (including phenoxy) is 1. The fourth-order valence-electron chi connectivity index (χ4n) is 4.35. The Morgan fingerprint density at radius 2 is 1.89 bits per heavy atom. The number of hydrogen-bond donors (Lipinski definition) is 3. The minimum Gasteiger partial charge on any atom is -0.395 e. The lowest BCUT2D eigenvalue weighted by atomic mass is 9.80. The second-order valence-electron chi connectivity index (χ2n) is 8.47. The van der Waals surface area contributed by atoms with Crippen LogP contribution in [0.1, 0.15) is 52.4 Å². The molecule has 8 nitrogen and oxygen atoms in total. The van der Waals surface area contributed by atoms with Gasteiger partial charge in [0, 0.05) is 19.1 Å². The fourth-order valence-corrected chi connectivity index (χ4v) is 5.17. The summed E-state index contributed by atoms with van der Waals surface area (Å²) in [4.78, 5) is 14.2. The van der Waals surface area contributed by atoms with Gasteiger partial charge >= 0.3 is 6.03 Å². The zero-order chi connectivity index (χ0) is 20.7. The van der Waals surface area contributed by atoms with Crippen molar-refractivity contribution in [3.8, 4) is 0 Å². The molecule has 0 spiro atoms. The van der Waals surface area contributed by atoms with Crippen LogP contribution in [0.3, 0.4) is 0 Å². The number of urea groups is 1. The molecule has 0 radical (unpaired) electrons. The van der Waals surface area contributed by atoms with Crippen molar-refractivity contribution in [1.82, 2.24) is 14.9 Å². The van der Waals surface area contributed by atoms with Gasteiger partial charge in [-0.2, -0.15) is 0 Å². The Morgan fingerprint density at radius 1 is 1.21 bits per heavy atom. The number of nitrogens with zero attached hydrogens (tertiary/aromatic N) is 1. The van der Waals surface area contributed by atoms with Crippen molar-refractivity contribution in [2.75, 3.05) is 32.6 Å². The van der Waals surface area contributed by atoms with Gasteiger partial charge in [0.25, 0.3) is 0 Å². The molecule has 3 N–H and O–H groups in total. The molecule has 2 fully saturated rings. The normalized spacial score (nSPS) is 29.1. The van der Waals surface area contributed by atoms with Crippen LogP contribution in [0, 0.1) is 11.8 Å². The zero-order valence-electron chi connectivity index (χ0n) is 17.4. The molecule has 2 aliphatic rings. The first-order chi connectivity index (χ1) is 13.2. The summed E-state index contributed by atoms with van der Waals surface area (Å²) in [5, 5.41) is 11.6. The van der Waals surface area contributed by atoms with Crippen molar-refractivity contribution in [3.63, 3.8) is 0 Å². The predicted molar refractivity (Wildman–Crippen MR) is 109 cm³/mol. The molecule has 2 amide bonds. The van der Waals surface area contributed by atoms with Crippen molar-refractivity contribution in [2.24, 2.45) is 11.8 Å². The van der Waals surface area contributed by atoms with Gasteiger partial charge in [0.05, 0.1) is 31.6 Å². The van der Waals surface area contributed by atoms with Gasteiger partial charge in [-0.05, 0) is 50.4 Å². The van der Waals surface area contributed by atoms with E-state index in [0.717, 1.165) is 44.3 Å². The van der Waals surface area contributed by atoms with Gasteiger partial charge in [-0.25, -0.2) is 17.9 Å². The van der Waals surface area contributed by atoms with Gasteiger partial charge in [-0.1, -0.05) is 13.8 Å². The van der Waals surface area contributed by atoms with Crippen molar-refractivity contribution in [3.05, 3.63) is 0 Å². The first-order valence-corrected chi connectivity index (χ1v) is 12.3. The summed E-state index contributed by atoms with van der Waals surface area (Å²) < 4.78 is 32.4. The van der Waals surface area contributed by atoms with E-state index in [1.165, 1.54) is 0 Å². The Bertz CT molecular complexity index is 590. The van der Waals surface area contributed by atoms with E-state index < -0.39 is 10.0 Å². The number of likely N-dealkylation sites (tertiary alicyclic amines) is 1. The third kappa shape index (κ3) is 7.17. The molecule has 9 heteroatoms. The quantitative estimate of drug-likeness (QED) is 0.550. The second-order valence-corrected chi connectivity index (χ2v) is 10.2. The van der Waals surface area contributed by atoms with Gasteiger partial charge in [-0.15, -0.1) is 0 Å². The maximum absolute atomic E-state index is 12.5. The topological polar surface area (TPSA) is 108 Å². The first kappa shape index (κ1) is 23.4. The van der Waals surface area contributed by atoms with Crippen molar-refractivity contribution < 1.29 is 23.1 Å². The highest BCUT2D eigenvalue weighted by Crippen LogP contribution is 2.31. The lowest BCUT2D eigenvalue weighted by Crippen LogP contribution is -2.61. The van der Waals surface area contributed by atoms with E-state index in [9.17, 15) is 13.2 Å². The minimum absolute atomic E-state index is 0.134. The molecule has 0 aromatic carbocycles. The number of aliphatic hydroxyl groups excluding tert-OH is 1. The molecule has 2 atom stereocenters. The van der Waals surface area contributed by atoms with Crippen LogP contribution >= 0.6 is 0 Å². The largest absolute Gasteiger partial charge is 0.395 e. The van der Waals surface area contributed by atoms with Gasteiger partial charge in [0.15, 0.2) is 0 Å².